The van der Waals surface area contributed by atoms with Crippen molar-refractivity contribution in [2.45, 2.75) is 6.10 Å². The van der Waals surface area contributed by atoms with E-state index in [0.717, 1.165) is 0 Å². The summed E-state index contributed by atoms with van der Waals surface area (Å²) in [6.45, 7) is 1.83. The predicted molar refractivity (Wildman–Crippen MR) is 73.7 cm³/mol. The Morgan fingerprint density at radius 1 is 1.38 bits per heavy atom. The van der Waals surface area contributed by atoms with Crippen LogP contribution < -0.4 is 9.88 Å². The minimum Gasteiger partial charge on any atom is -0.484 e. The molecule has 2 rings (SSSR count). The average Bonchev–Trinajstić information content (AvgIpc) is 2.46. The molecule has 1 aromatic rings. The third-order valence-electron chi connectivity index (χ3n) is 2.37. The zero-order valence-electron chi connectivity index (χ0n) is 11.0. The molecule has 2 N–H and O–H groups in total. The van der Waals surface area contributed by atoms with E-state index in [1.54, 1.807) is 18.2 Å². The van der Waals surface area contributed by atoms with Gasteiger partial charge in [0.1, 0.15) is 12.7 Å². The first-order valence-electron chi connectivity index (χ1n) is 5.95. The Balaban J connectivity index is 0.000000491. The molecule has 0 spiro atoms. The van der Waals surface area contributed by atoms with Crippen LogP contribution in [0.4, 0.5) is 5.69 Å². The molecule has 1 aliphatic heterocycles. The summed E-state index contributed by atoms with van der Waals surface area (Å²) >= 11 is 0. The number of thiol groups is 1. The first-order chi connectivity index (χ1) is 10.0. The normalized spacial score (nSPS) is 17.7. The van der Waals surface area contributed by atoms with Gasteiger partial charge in [-0.05, 0) is 6.07 Å². The van der Waals surface area contributed by atoms with Gasteiger partial charge in [0.15, 0.2) is 16.6 Å². The van der Waals surface area contributed by atoms with Crippen molar-refractivity contribution in [3.8, 4) is 5.75 Å². The van der Waals surface area contributed by atoms with Gasteiger partial charge < -0.3 is 14.2 Å². The molecule has 0 amide bonds. The van der Waals surface area contributed by atoms with Crippen LogP contribution in [-0.4, -0.2) is 45.9 Å². The van der Waals surface area contributed by atoms with Crippen LogP contribution >= 0.6 is 0 Å². The second-order valence-corrected chi connectivity index (χ2v) is 4.46. The zero-order chi connectivity index (χ0) is 15.7. The quantitative estimate of drug-likeness (QED) is 0.448. The highest BCUT2D eigenvalue weighted by molar-refractivity contribution is 7.69. The highest BCUT2D eigenvalue weighted by Crippen LogP contribution is 2.26. The Morgan fingerprint density at radius 2 is 2.05 bits per heavy atom. The lowest BCUT2D eigenvalue weighted by Crippen LogP contribution is -2.33. The number of nitrogens with zero attached hydrogens (tertiary/aromatic N) is 1. The number of nitrogens with two attached hydrogens (primary N) is 1. The summed E-state index contributed by atoms with van der Waals surface area (Å²) in [5.41, 5.74) is -0.0378. The minimum absolute atomic E-state index is 0.0378. The molecule has 1 unspecified atom stereocenters. The van der Waals surface area contributed by atoms with Gasteiger partial charge >= 0.3 is 5.69 Å². The lowest BCUT2D eigenvalue weighted by Gasteiger charge is -2.22. The Kier molecular flexibility index (Phi) is 7.61. The van der Waals surface area contributed by atoms with Crippen LogP contribution in [0.1, 0.15) is 0 Å². The molecule has 0 radical (unpaired) electrons. The van der Waals surface area contributed by atoms with E-state index in [9.17, 15) is 10.1 Å². The van der Waals surface area contributed by atoms with Gasteiger partial charge in [-0.15, -0.1) is 0 Å². The highest BCUT2D eigenvalue weighted by atomic mass is 32.2. The average molecular weight is 320 g/mol. The molecule has 1 aliphatic rings. The number of ether oxygens (including phenoxy) is 3. The van der Waals surface area contributed by atoms with Gasteiger partial charge in [0.2, 0.25) is 0 Å². The molecule has 1 heterocycles. The minimum atomic E-state index is -2.62. The standard InChI is InChI=1S/C11H13NO5.H3NO2S/c13-12(14)10-3-1-2-4-11(10)17-8-9-7-15-5-6-16-9;1-4(2)3/h1-4,9H,5-8H2;4H,(H2,1,2,3). The maximum Gasteiger partial charge on any atom is 0.310 e. The number of benzene rings is 1. The lowest BCUT2D eigenvalue weighted by molar-refractivity contribution is -0.386. The summed E-state index contributed by atoms with van der Waals surface area (Å²) in [4.78, 5) is 10.3. The molecular weight excluding hydrogens is 304 g/mol. The van der Waals surface area contributed by atoms with Crippen molar-refractivity contribution in [3.63, 3.8) is 0 Å². The van der Waals surface area contributed by atoms with Gasteiger partial charge in [-0.1, -0.05) is 12.1 Å². The van der Waals surface area contributed by atoms with Crippen molar-refractivity contribution in [2.75, 3.05) is 26.4 Å². The maximum absolute atomic E-state index is 10.7. The Hall–Kier alpha value is -1.75. The number of nitro groups is 1. The molecule has 10 heteroatoms. The van der Waals surface area contributed by atoms with Crippen LogP contribution in [0.2, 0.25) is 0 Å². The van der Waals surface area contributed by atoms with E-state index in [4.69, 9.17) is 22.6 Å². The van der Waals surface area contributed by atoms with E-state index in [1.165, 1.54) is 6.07 Å². The van der Waals surface area contributed by atoms with Crippen molar-refractivity contribution in [2.24, 2.45) is 5.14 Å². The molecule has 1 atom stereocenters. The molecule has 1 aromatic carbocycles. The highest BCUT2D eigenvalue weighted by Gasteiger charge is 2.18. The fourth-order valence-electron chi connectivity index (χ4n) is 1.55. The SMILES string of the molecule is N[SH](=O)=O.O=[N+]([O-])c1ccccc1OCC1COCCO1. The van der Waals surface area contributed by atoms with E-state index in [-0.39, 0.29) is 24.1 Å². The second kappa shape index (κ2) is 9.23. The molecule has 9 nitrogen and oxygen atoms in total. The largest absolute Gasteiger partial charge is 0.484 e. The summed E-state index contributed by atoms with van der Waals surface area (Å²) in [7, 11) is -2.62. The lowest BCUT2D eigenvalue weighted by atomic mass is 10.3. The molecule has 21 heavy (non-hydrogen) atoms. The molecule has 0 aliphatic carbocycles. The second-order valence-electron chi connectivity index (χ2n) is 3.89. The Labute approximate surface area is 122 Å². The van der Waals surface area contributed by atoms with Gasteiger partial charge in [-0.2, -0.15) is 0 Å². The zero-order valence-corrected chi connectivity index (χ0v) is 11.9. The molecular formula is C11H16N2O7S. The molecule has 1 saturated heterocycles. The molecule has 0 saturated carbocycles. The van der Waals surface area contributed by atoms with Gasteiger partial charge in [0.25, 0.3) is 0 Å². The van der Waals surface area contributed by atoms with Crippen LogP contribution in [-0.2, 0) is 20.4 Å². The van der Waals surface area contributed by atoms with E-state index in [2.05, 4.69) is 5.14 Å². The molecule has 0 bridgehead atoms. The molecule has 118 valence electrons. The predicted octanol–water partition coefficient (Wildman–Crippen LogP) is -0.139. The van der Waals surface area contributed by atoms with Crippen LogP contribution in [0, 0.1) is 10.1 Å². The van der Waals surface area contributed by atoms with Crippen molar-refractivity contribution >= 4 is 16.6 Å². The smallest absolute Gasteiger partial charge is 0.310 e. The van der Waals surface area contributed by atoms with Crippen LogP contribution in [0.15, 0.2) is 24.3 Å². The maximum atomic E-state index is 10.7. The van der Waals surface area contributed by atoms with Gasteiger partial charge in [-0.25, -0.2) is 13.6 Å². The van der Waals surface area contributed by atoms with E-state index < -0.39 is 15.8 Å². The van der Waals surface area contributed by atoms with Gasteiger partial charge in [0, 0.05) is 6.07 Å². The van der Waals surface area contributed by atoms with E-state index >= 15 is 0 Å². The molecule has 1 fully saturated rings. The molecule has 0 aromatic heterocycles. The van der Waals surface area contributed by atoms with Crippen molar-refractivity contribution in [1.29, 1.82) is 0 Å². The van der Waals surface area contributed by atoms with Crippen LogP contribution in [0.5, 0.6) is 5.75 Å². The topological polar surface area (TPSA) is 131 Å². The summed E-state index contributed by atoms with van der Waals surface area (Å²) in [5, 5.41) is 14.8. The third kappa shape index (κ3) is 6.99. The fraction of sp³-hybridized carbons (Fsp3) is 0.455. The number of hydrogen-bond donors (Lipinski definition) is 2. The van der Waals surface area contributed by atoms with Crippen molar-refractivity contribution in [3.05, 3.63) is 34.4 Å². The van der Waals surface area contributed by atoms with Crippen LogP contribution in [0.3, 0.4) is 0 Å². The summed E-state index contributed by atoms with van der Waals surface area (Å²) in [6, 6.07) is 6.28. The number of para-hydroxylation sites is 2. The number of hydrogen-bond acceptors (Lipinski definition) is 7. The Bertz CT molecular complexity index is 521. The van der Waals surface area contributed by atoms with E-state index in [1.807, 2.05) is 0 Å². The van der Waals surface area contributed by atoms with Gasteiger partial charge in [0.05, 0.1) is 24.7 Å². The number of rotatable bonds is 4. The van der Waals surface area contributed by atoms with Crippen molar-refractivity contribution in [1.82, 2.24) is 0 Å². The monoisotopic (exact) mass is 320 g/mol. The summed E-state index contributed by atoms with van der Waals surface area (Å²) < 4.78 is 33.6. The first-order valence-corrected chi connectivity index (χ1v) is 7.20. The first kappa shape index (κ1) is 17.3. The van der Waals surface area contributed by atoms with E-state index in [0.29, 0.717) is 19.8 Å². The van der Waals surface area contributed by atoms with Crippen molar-refractivity contribution < 1.29 is 27.6 Å². The number of nitro benzene ring substituents is 1. The van der Waals surface area contributed by atoms with Crippen LogP contribution in [0.25, 0.3) is 0 Å². The fourth-order valence-corrected chi connectivity index (χ4v) is 1.55. The van der Waals surface area contributed by atoms with Gasteiger partial charge in [-0.3, -0.25) is 10.1 Å². The summed E-state index contributed by atoms with van der Waals surface area (Å²) in [5.74, 6) is 0.256. The third-order valence-corrected chi connectivity index (χ3v) is 2.37. The summed E-state index contributed by atoms with van der Waals surface area (Å²) in [6.07, 6.45) is -0.163. The Morgan fingerprint density at radius 3 is 2.62 bits per heavy atom.